The molecule has 0 saturated heterocycles. The molecular formula is C22H19F3N6O2S. The molecule has 0 aliphatic carbocycles. The van der Waals surface area contributed by atoms with E-state index in [9.17, 15) is 22.8 Å². The first-order chi connectivity index (χ1) is 16.3. The van der Waals surface area contributed by atoms with Crippen LogP contribution < -0.4 is 10.9 Å². The van der Waals surface area contributed by atoms with Crippen molar-refractivity contribution in [2.75, 3.05) is 11.1 Å². The minimum Gasteiger partial charge on any atom is -0.323 e. The molecule has 2 aromatic heterocycles. The molecule has 8 nitrogen and oxygen atoms in total. The van der Waals surface area contributed by atoms with E-state index >= 15 is 0 Å². The van der Waals surface area contributed by atoms with Gasteiger partial charge in [-0.3, -0.25) is 14.2 Å². The van der Waals surface area contributed by atoms with Crippen LogP contribution in [0.25, 0.3) is 16.6 Å². The zero-order valence-corrected chi connectivity index (χ0v) is 18.7. The average Bonchev–Trinajstić information content (AvgIpc) is 3.34. The smallest absolute Gasteiger partial charge is 0.323 e. The van der Waals surface area contributed by atoms with Crippen LogP contribution in [0, 0.1) is 0 Å². The number of hydrogen-bond acceptors (Lipinski definition) is 6. The molecule has 176 valence electrons. The number of fused-ring (bicyclic) bond motifs is 1. The van der Waals surface area contributed by atoms with Crippen LogP contribution in [0.3, 0.4) is 0 Å². The molecule has 12 heteroatoms. The Morgan fingerprint density at radius 2 is 1.97 bits per heavy atom. The Bertz CT molecular complexity index is 1390. The lowest BCUT2D eigenvalue weighted by Gasteiger charge is -2.15. The fraction of sp³-hybridized carbons (Fsp3) is 0.227. The molecule has 4 rings (SSSR count). The lowest BCUT2D eigenvalue weighted by Crippen LogP contribution is -2.24. The van der Waals surface area contributed by atoms with E-state index in [1.165, 1.54) is 28.0 Å². The second-order valence-electron chi connectivity index (χ2n) is 7.27. The molecule has 0 atom stereocenters. The summed E-state index contributed by atoms with van der Waals surface area (Å²) >= 11 is 1.04. The SMILES string of the molecule is CCCn1c(SCC(=O)Nc2cc(C(F)(F)F)ccc2-n2cncn2)nc2ccccc2c1=O. The summed E-state index contributed by atoms with van der Waals surface area (Å²) in [6, 6.07) is 9.89. The zero-order valence-electron chi connectivity index (χ0n) is 17.9. The number of amides is 1. The number of para-hydroxylation sites is 1. The van der Waals surface area contributed by atoms with Crippen molar-refractivity contribution < 1.29 is 18.0 Å². The van der Waals surface area contributed by atoms with Crippen LogP contribution in [0.2, 0.25) is 0 Å². The second-order valence-corrected chi connectivity index (χ2v) is 8.22. The molecule has 0 bridgehead atoms. The fourth-order valence-electron chi connectivity index (χ4n) is 3.34. The summed E-state index contributed by atoms with van der Waals surface area (Å²) < 4.78 is 42.5. The molecule has 2 heterocycles. The summed E-state index contributed by atoms with van der Waals surface area (Å²) in [4.78, 5) is 33.9. The molecular weight excluding hydrogens is 469 g/mol. The highest BCUT2D eigenvalue weighted by molar-refractivity contribution is 7.99. The number of thioether (sulfide) groups is 1. The Morgan fingerprint density at radius 3 is 2.68 bits per heavy atom. The summed E-state index contributed by atoms with van der Waals surface area (Å²) in [6.07, 6.45) is -1.35. The number of halogens is 3. The van der Waals surface area contributed by atoms with Gasteiger partial charge in [-0.15, -0.1) is 0 Å². The van der Waals surface area contributed by atoms with E-state index in [4.69, 9.17) is 0 Å². The molecule has 0 radical (unpaired) electrons. The third-order valence-corrected chi connectivity index (χ3v) is 5.85. The molecule has 4 aromatic rings. The minimum atomic E-state index is -4.58. The van der Waals surface area contributed by atoms with Crippen LogP contribution in [0.4, 0.5) is 18.9 Å². The van der Waals surface area contributed by atoms with Gasteiger partial charge in [-0.1, -0.05) is 30.8 Å². The lowest BCUT2D eigenvalue weighted by atomic mass is 10.1. The number of anilines is 1. The quantitative estimate of drug-likeness (QED) is 0.310. The summed E-state index contributed by atoms with van der Waals surface area (Å²) in [5.41, 5.74) is -0.443. The lowest BCUT2D eigenvalue weighted by molar-refractivity contribution is -0.137. The normalized spacial score (nSPS) is 11.6. The van der Waals surface area contributed by atoms with Gasteiger partial charge in [0.1, 0.15) is 12.7 Å². The van der Waals surface area contributed by atoms with Crippen LogP contribution in [0.1, 0.15) is 18.9 Å². The van der Waals surface area contributed by atoms with Crippen LogP contribution in [-0.2, 0) is 17.5 Å². The van der Waals surface area contributed by atoms with Crippen molar-refractivity contribution in [2.45, 2.75) is 31.2 Å². The van der Waals surface area contributed by atoms with Crippen molar-refractivity contribution in [2.24, 2.45) is 0 Å². The van der Waals surface area contributed by atoms with E-state index in [2.05, 4.69) is 20.4 Å². The Balaban J connectivity index is 1.60. The number of benzene rings is 2. The molecule has 0 fully saturated rings. The Kier molecular flexibility index (Phi) is 6.68. The van der Waals surface area contributed by atoms with Crippen molar-refractivity contribution in [1.82, 2.24) is 24.3 Å². The standard InChI is InChI=1S/C22H19F3N6O2S/c1-2-9-30-20(33)15-5-3-4-6-16(15)29-21(30)34-11-19(32)28-17-10-14(22(23,24)25)7-8-18(17)31-13-26-12-27-31/h3-8,10,12-13H,2,9,11H2,1H3,(H,28,32). The molecule has 0 aliphatic rings. The van der Waals surface area contributed by atoms with Crippen molar-refractivity contribution in [3.8, 4) is 5.69 Å². The predicted molar refractivity (Wildman–Crippen MR) is 122 cm³/mol. The van der Waals surface area contributed by atoms with E-state index in [0.717, 1.165) is 23.9 Å². The first-order valence-corrected chi connectivity index (χ1v) is 11.2. The maximum atomic E-state index is 13.2. The van der Waals surface area contributed by atoms with Crippen LogP contribution in [0.15, 0.2) is 65.1 Å². The summed E-state index contributed by atoms with van der Waals surface area (Å²) in [5, 5.41) is 7.29. The third kappa shape index (κ3) is 4.96. The third-order valence-electron chi connectivity index (χ3n) is 4.87. The maximum absolute atomic E-state index is 13.2. The maximum Gasteiger partial charge on any atom is 0.416 e. The molecule has 0 spiro atoms. The van der Waals surface area contributed by atoms with Gasteiger partial charge in [0.25, 0.3) is 5.56 Å². The number of rotatable bonds is 7. The monoisotopic (exact) mass is 488 g/mol. The van der Waals surface area contributed by atoms with Crippen LogP contribution in [-0.4, -0.2) is 36.0 Å². The highest BCUT2D eigenvalue weighted by atomic mass is 32.2. The van der Waals surface area contributed by atoms with E-state index < -0.39 is 17.6 Å². The molecule has 2 aromatic carbocycles. The van der Waals surface area contributed by atoms with Crippen molar-refractivity contribution in [1.29, 1.82) is 0 Å². The first kappa shape index (κ1) is 23.5. The summed E-state index contributed by atoms with van der Waals surface area (Å²) in [7, 11) is 0. The largest absolute Gasteiger partial charge is 0.416 e. The van der Waals surface area contributed by atoms with Gasteiger partial charge in [-0.2, -0.15) is 18.3 Å². The number of carbonyl (C=O) groups is 1. The van der Waals surface area contributed by atoms with Gasteiger partial charge in [-0.05, 0) is 36.8 Å². The Hall–Kier alpha value is -3.67. The molecule has 0 aliphatic heterocycles. The highest BCUT2D eigenvalue weighted by Crippen LogP contribution is 2.33. The van der Waals surface area contributed by atoms with Crippen molar-refractivity contribution >= 4 is 34.3 Å². The summed E-state index contributed by atoms with van der Waals surface area (Å²) in [5.74, 6) is -0.724. The van der Waals surface area contributed by atoms with E-state index in [-0.39, 0.29) is 22.7 Å². The second kappa shape index (κ2) is 9.67. The van der Waals surface area contributed by atoms with Gasteiger partial charge in [-0.25, -0.2) is 14.6 Å². The molecule has 1 amide bonds. The minimum absolute atomic E-state index is 0.0663. The van der Waals surface area contributed by atoms with Crippen LogP contribution >= 0.6 is 11.8 Å². The Morgan fingerprint density at radius 1 is 1.18 bits per heavy atom. The van der Waals surface area contributed by atoms with Gasteiger partial charge in [0.15, 0.2) is 5.16 Å². The fourth-order valence-corrected chi connectivity index (χ4v) is 4.17. The zero-order chi connectivity index (χ0) is 24.3. The number of nitrogens with zero attached hydrogens (tertiary/aromatic N) is 5. The molecule has 34 heavy (non-hydrogen) atoms. The molecule has 1 N–H and O–H groups in total. The summed E-state index contributed by atoms with van der Waals surface area (Å²) in [6.45, 7) is 2.34. The van der Waals surface area contributed by atoms with Gasteiger partial charge in [0, 0.05) is 6.54 Å². The molecule has 0 saturated carbocycles. The van der Waals surface area contributed by atoms with E-state index in [0.29, 0.717) is 29.0 Å². The van der Waals surface area contributed by atoms with Gasteiger partial charge in [0.2, 0.25) is 5.91 Å². The van der Waals surface area contributed by atoms with Gasteiger partial charge >= 0.3 is 6.18 Å². The number of carbonyl (C=O) groups excluding carboxylic acids is 1. The topological polar surface area (TPSA) is 94.7 Å². The van der Waals surface area contributed by atoms with Crippen molar-refractivity contribution in [3.05, 3.63) is 71.0 Å². The Labute approximate surface area is 195 Å². The van der Waals surface area contributed by atoms with Gasteiger partial charge in [0.05, 0.1) is 33.6 Å². The number of nitrogens with one attached hydrogen (secondary N) is 1. The van der Waals surface area contributed by atoms with E-state index in [1.54, 1.807) is 24.3 Å². The predicted octanol–water partition coefficient (Wildman–Crippen LogP) is 4.14. The van der Waals surface area contributed by atoms with Crippen LogP contribution in [0.5, 0.6) is 0 Å². The molecule has 0 unspecified atom stereocenters. The van der Waals surface area contributed by atoms with Gasteiger partial charge < -0.3 is 5.32 Å². The number of hydrogen-bond donors (Lipinski definition) is 1. The first-order valence-electron chi connectivity index (χ1n) is 10.3. The number of aromatic nitrogens is 5. The van der Waals surface area contributed by atoms with E-state index in [1.807, 2.05) is 6.92 Å². The highest BCUT2D eigenvalue weighted by Gasteiger charge is 2.31. The number of alkyl halides is 3. The van der Waals surface area contributed by atoms with Crippen molar-refractivity contribution in [3.63, 3.8) is 0 Å². The average molecular weight is 488 g/mol.